The Morgan fingerprint density at radius 1 is 1.08 bits per heavy atom. The topological polar surface area (TPSA) is 128 Å². The van der Waals surface area contributed by atoms with Gasteiger partial charge < -0.3 is 20.6 Å². The molecule has 9 nitrogen and oxygen atoms in total. The minimum atomic E-state index is -5.08. The van der Waals surface area contributed by atoms with Crippen LogP contribution in [0.2, 0.25) is 0 Å². The number of carbonyl (C=O) groups excluding carboxylic acids is 1. The number of benzene rings is 2. The number of sulfonamides is 1. The van der Waals surface area contributed by atoms with Crippen molar-refractivity contribution in [1.29, 1.82) is 0 Å². The number of hydrogen-bond donors (Lipinski definition) is 4. The molecular formula is C24H31F3N4O5S. The molecule has 0 aromatic heterocycles. The van der Waals surface area contributed by atoms with Crippen LogP contribution >= 0.6 is 0 Å². The van der Waals surface area contributed by atoms with Gasteiger partial charge in [0.15, 0.2) is 0 Å². The number of amides is 1. The molecule has 0 unspecified atom stereocenters. The second kappa shape index (κ2) is 12.8. The molecule has 0 bridgehead atoms. The summed E-state index contributed by atoms with van der Waals surface area (Å²) in [6, 6.07) is 11.9. The van der Waals surface area contributed by atoms with Crippen molar-refractivity contribution in [3.8, 4) is 0 Å². The van der Waals surface area contributed by atoms with Crippen molar-refractivity contribution in [3.05, 3.63) is 53.6 Å². The molecule has 13 heteroatoms. The predicted octanol–water partition coefficient (Wildman–Crippen LogP) is 3.22. The number of nitrogens with one attached hydrogen (secondary N) is 3. The van der Waals surface area contributed by atoms with Crippen molar-refractivity contribution in [2.24, 2.45) is 5.92 Å². The maximum atomic E-state index is 13.0. The van der Waals surface area contributed by atoms with Crippen LogP contribution in [0.15, 0.2) is 47.4 Å². The minimum Gasteiger partial charge on any atom is -0.475 e. The molecule has 2 aromatic carbocycles. The molecule has 0 aliphatic carbocycles. The Bertz CT molecular complexity index is 1180. The van der Waals surface area contributed by atoms with Crippen molar-refractivity contribution >= 4 is 33.3 Å². The number of aliphatic carboxylic acids is 1. The van der Waals surface area contributed by atoms with E-state index in [4.69, 9.17) is 9.90 Å². The van der Waals surface area contributed by atoms with Gasteiger partial charge in [-0.1, -0.05) is 31.5 Å². The first-order valence-corrected chi connectivity index (χ1v) is 13.0. The third-order valence-electron chi connectivity index (χ3n) is 5.21. The molecule has 0 spiro atoms. The van der Waals surface area contributed by atoms with E-state index in [0.29, 0.717) is 23.7 Å². The first kappa shape index (κ1) is 29.9. The second-order valence-electron chi connectivity index (χ2n) is 8.79. The highest BCUT2D eigenvalue weighted by Crippen LogP contribution is 2.30. The number of piperazine rings is 1. The van der Waals surface area contributed by atoms with Gasteiger partial charge in [0, 0.05) is 38.3 Å². The zero-order chi connectivity index (χ0) is 27.8. The number of rotatable bonds is 7. The molecule has 1 aliphatic heterocycles. The van der Waals surface area contributed by atoms with Crippen molar-refractivity contribution < 1.29 is 36.3 Å². The lowest BCUT2D eigenvalue weighted by atomic mass is 10.1. The van der Waals surface area contributed by atoms with E-state index in [1.807, 2.05) is 26.8 Å². The Kier molecular flexibility index (Phi) is 10.3. The third-order valence-corrected chi connectivity index (χ3v) is 6.59. The number of carboxylic acid groups (broad SMARTS) is 1. The highest BCUT2D eigenvalue weighted by atomic mass is 32.2. The number of alkyl halides is 3. The minimum absolute atomic E-state index is 0.189. The van der Waals surface area contributed by atoms with Gasteiger partial charge in [0.2, 0.25) is 0 Å². The fourth-order valence-corrected chi connectivity index (χ4v) is 4.33. The summed E-state index contributed by atoms with van der Waals surface area (Å²) in [7, 11) is -3.78. The number of carbonyl (C=O) groups is 2. The molecular weight excluding hydrogens is 513 g/mol. The van der Waals surface area contributed by atoms with Crippen LogP contribution in [0.25, 0.3) is 0 Å². The maximum Gasteiger partial charge on any atom is 0.490 e. The number of carboxylic acids is 1. The maximum absolute atomic E-state index is 13.0. The fourth-order valence-electron chi connectivity index (χ4n) is 3.26. The lowest BCUT2D eigenvalue weighted by molar-refractivity contribution is -0.192. The van der Waals surface area contributed by atoms with Crippen molar-refractivity contribution in [3.63, 3.8) is 0 Å². The van der Waals surface area contributed by atoms with Crippen LogP contribution in [-0.4, -0.2) is 64.3 Å². The molecule has 3 rings (SSSR count). The van der Waals surface area contributed by atoms with Crippen LogP contribution in [0.3, 0.4) is 0 Å². The van der Waals surface area contributed by atoms with Crippen molar-refractivity contribution in [2.75, 3.05) is 42.3 Å². The number of nitrogens with zero attached hydrogens (tertiary/aromatic N) is 1. The highest BCUT2D eigenvalue weighted by molar-refractivity contribution is 7.92. The fraction of sp³-hybridized carbons (Fsp3) is 0.417. The van der Waals surface area contributed by atoms with Gasteiger partial charge in [-0.3, -0.25) is 9.52 Å². The second-order valence-corrected chi connectivity index (χ2v) is 10.5. The number of aryl methyl sites for hydroxylation is 1. The van der Waals surface area contributed by atoms with Gasteiger partial charge in [0.05, 0.1) is 16.3 Å². The lowest BCUT2D eigenvalue weighted by Gasteiger charge is -2.31. The van der Waals surface area contributed by atoms with Gasteiger partial charge in [-0.25, -0.2) is 13.2 Å². The first-order valence-electron chi connectivity index (χ1n) is 11.5. The van der Waals surface area contributed by atoms with Gasteiger partial charge >= 0.3 is 12.1 Å². The van der Waals surface area contributed by atoms with Crippen LogP contribution in [0.4, 0.5) is 24.5 Å². The summed E-state index contributed by atoms with van der Waals surface area (Å²) in [6.45, 7) is 9.68. The smallest absolute Gasteiger partial charge is 0.475 e. The first-order chi connectivity index (χ1) is 17.2. The number of anilines is 2. The molecule has 1 fully saturated rings. The van der Waals surface area contributed by atoms with E-state index in [0.717, 1.165) is 37.4 Å². The van der Waals surface area contributed by atoms with E-state index in [1.165, 1.54) is 0 Å². The largest absolute Gasteiger partial charge is 0.490 e. The summed E-state index contributed by atoms with van der Waals surface area (Å²) in [5, 5.41) is 13.3. The van der Waals surface area contributed by atoms with Gasteiger partial charge in [0.1, 0.15) is 0 Å². The third kappa shape index (κ3) is 9.25. The zero-order valence-corrected chi connectivity index (χ0v) is 21.5. The molecule has 4 N–H and O–H groups in total. The Balaban J connectivity index is 0.000000604. The van der Waals surface area contributed by atoms with E-state index >= 15 is 0 Å². The van der Waals surface area contributed by atoms with E-state index in [9.17, 15) is 26.4 Å². The monoisotopic (exact) mass is 544 g/mol. The van der Waals surface area contributed by atoms with Crippen LogP contribution < -0.4 is 20.3 Å². The lowest BCUT2D eigenvalue weighted by Crippen LogP contribution is -2.43. The quantitative estimate of drug-likeness (QED) is 0.422. The summed E-state index contributed by atoms with van der Waals surface area (Å²) in [6.07, 6.45) is -5.08. The number of halogens is 3. The van der Waals surface area contributed by atoms with Gasteiger partial charge in [-0.2, -0.15) is 13.2 Å². The van der Waals surface area contributed by atoms with Gasteiger partial charge in [-0.15, -0.1) is 0 Å². The van der Waals surface area contributed by atoms with E-state index in [-0.39, 0.29) is 10.8 Å². The Morgan fingerprint density at radius 3 is 2.16 bits per heavy atom. The molecule has 0 atom stereocenters. The molecule has 0 radical (unpaired) electrons. The molecule has 1 saturated heterocycles. The van der Waals surface area contributed by atoms with E-state index < -0.39 is 22.2 Å². The van der Waals surface area contributed by atoms with Crippen LogP contribution in [-0.2, 0) is 14.8 Å². The molecule has 0 saturated carbocycles. The highest BCUT2D eigenvalue weighted by Gasteiger charge is 2.38. The normalized spacial score (nSPS) is 14.0. The van der Waals surface area contributed by atoms with Crippen molar-refractivity contribution in [1.82, 2.24) is 10.6 Å². The average Bonchev–Trinajstić information content (AvgIpc) is 2.83. The molecule has 2 aromatic rings. The summed E-state index contributed by atoms with van der Waals surface area (Å²) in [5.74, 6) is -2.65. The van der Waals surface area contributed by atoms with E-state index in [1.54, 1.807) is 36.4 Å². The van der Waals surface area contributed by atoms with Crippen molar-refractivity contribution in [2.45, 2.75) is 31.8 Å². The van der Waals surface area contributed by atoms with Crippen LogP contribution in [0.5, 0.6) is 0 Å². The molecule has 1 amide bonds. The SMILES string of the molecule is Cc1ccc(S(=O)(=O)Nc2cc(C(=O)NCC(C)C)ccc2N2CCNCC2)cc1.O=C(O)C(F)(F)F. The average molecular weight is 545 g/mol. The molecule has 1 aliphatic rings. The zero-order valence-electron chi connectivity index (χ0n) is 20.7. The van der Waals surface area contributed by atoms with E-state index in [2.05, 4.69) is 20.3 Å². The summed E-state index contributed by atoms with van der Waals surface area (Å²) in [5.41, 5.74) is 2.60. The molecule has 204 valence electrons. The molecule has 37 heavy (non-hydrogen) atoms. The van der Waals surface area contributed by atoms with Gasteiger partial charge in [0.25, 0.3) is 15.9 Å². The Morgan fingerprint density at radius 2 is 1.65 bits per heavy atom. The standard InChI is InChI=1S/C22H30N4O3S.C2HF3O2/c1-16(2)15-24-22(27)18-6-9-21(26-12-10-23-11-13-26)20(14-18)25-30(28,29)19-7-4-17(3)5-8-19;3-2(4,5)1(6)7/h4-9,14,16,23,25H,10-13,15H2,1-3H3,(H,24,27);(H,6,7). The number of hydrogen-bond acceptors (Lipinski definition) is 6. The van der Waals surface area contributed by atoms with Crippen LogP contribution in [0.1, 0.15) is 29.8 Å². The predicted molar refractivity (Wildman–Crippen MR) is 134 cm³/mol. The Hall–Kier alpha value is -3.32. The Labute approximate surface area is 214 Å². The van der Waals surface area contributed by atoms with Gasteiger partial charge in [-0.05, 0) is 43.2 Å². The summed E-state index contributed by atoms with van der Waals surface area (Å²) in [4.78, 5) is 23.8. The van der Waals surface area contributed by atoms with Crippen LogP contribution in [0, 0.1) is 12.8 Å². The summed E-state index contributed by atoms with van der Waals surface area (Å²) >= 11 is 0. The summed E-state index contributed by atoms with van der Waals surface area (Å²) < 4.78 is 60.4. The molecule has 1 heterocycles.